The molecule has 0 bridgehead atoms. The molecule has 3 unspecified atom stereocenters. The van der Waals surface area contributed by atoms with E-state index in [9.17, 15) is 0 Å². The fraction of sp³-hybridized carbons (Fsp3) is 0.895. The van der Waals surface area contributed by atoms with Crippen LogP contribution in [0, 0.1) is 17.8 Å². The normalized spacial score (nSPS) is 25.7. The van der Waals surface area contributed by atoms with Gasteiger partial charge in [-0.25, -0.2) is 0 Å². The molecule has 1 N–H and O–H groups in total. The largest absolute Gasteiger partial charge is 0.366 e. The Kier molecular flexibility index (Phi) is 6.67. The summed E-state index contributed by atoms with van der Waals surface area (Å²) in [6.07, 6.45) is 11.4. The lowest BCUT2D eigenvalue weighted by Crippen LogP contribution is -2.20. The second-order valence-corrected chi connectivity index (χ2v) is 7.60. The second-order valence-electron chi connectivity index (χ2n) is 7.60. The maximum atomic E-state index is 5.90. The molecule has 0 spiro atoms. The minimum atomic E-state index is 0.718. The number of nitrogens with zero attached hydrogens (tertiary/aromatic N) is 3. The lowest BCUT2D eigenvalue weighted by Gasteiger charge is -2.07. The van der Waals surface area contributed by atoms with Crippen molar-refractivity contribution in [3.8, 4) is 0 Å². The molecule has 1 fully saturated rings. The molecule has 3 rings (SSSR count). The maximum absolute atomic E-state index is 5.90. The Bertz CT molecular complexity index is 502. The van der Waals surface area contributed by atoms with E-state index in [0.29, 0.717) is 0 Å². The molecule has 0 radical (unpaired) electrons. The van der Waals surface area contributed by atoms with Gasteiger partial charge in [-0.15, -0.1) is 5.10 Å². The minimum absolute atomic E-state index is 0.718. The molecule has 24 heavy (non-hydrogen) atoms. The van der Waals surface area contributed by atoms with E-state index in [-0.39, 0.29) is 0 Å². The summed E-state index contributed by atoms with van der Waals surface area (Å²) in [4.78, 5) is 0. The Hall–Kier alpha value is -0.940. The van der Waals surface area contributed by atoms with Crippen LogP contribution in [0.3, 0.4) is 0 Å². The average Bonchev–Trinajstić information content (AvgIpc) is 3.09. The second kappa shape index (κ2) is 8.95. The molecule has 1 heterocycles. The standard InChI is InChI=1S/C19H34N4O/c1-3-4-5-6-7-12-20-14-24-13-17-15-8-10-18-19(11-9-16(15)17)23(2)22-21-18/h15-17,20H,3-14H2,1-2H3. The van der Waals surface area contributed by atoms with Crippen LogP contribution in [0.4, 0.5) is 0 Å². The van der Waals surface area contributed by atoms with Gasteiger partial charge in [0.1, 0.15) is 0 Å². The Morgan fingerprint density at radius 1 is 1.12 bits per heavy atom. The van der Waals surface area contributed by atoms with Crippen LogP contribution in [-0.2, 0) is 24.6 Å². The van der Waals surface area contributed by atoms with Crippen molar-refractivity contribution in [2.45, 2.75) is 64.7 Å². The van der Waals surface area contributed by atoms with E-state index in [1.54, 1.807) is 0 Å². The summed E-state index contributed by atoms with van der Waals surface area (Å²) in [5.41, 5.74) is 2.58. The zero-order valence-electron chi connectivity index (χ0n) is 15.5. The predicted octanol–water partition coefficient (Wildman–Crippen LogP) is 3.09. The number of ether oxygens (including phenoxy) is 1. The summed E-state index contributed by atoms with van der Waals surface area (Å²) in [5.74, 6) is 2.50. The topological polar surface area (TPSA) is 52.0 Å². The molecule has 136 valence electrons. The van der Waals surface area contributed by atoms with Crippen LogP contribution in [0.5, 0.6) is 0 Å². The number of aromatic nitrogens is 3. The first-order valence-electron chi connectivity index (χ1n) is 9.97. The van der Waals surface area contributed by atoms with Crippen LogP contribution in [0.25, 0.3) is 0 Å². The van der Waals surface area contributed by atoms with Gasteiger partial charge in [0.05, 0.1) is 24.7 Å². The van der Waals surface area contributed by atoms with Crippen LogP contribution in [-0.4, -0.2) is 34.9 Å². The van der Waals surface area contributed by atoms with Crippen LogP contribution < -0.4 is 5.32 Å². The molecule has 2 aliphatic rings. The molecule has 5 nitrogen and oxygen atoms in total. The lowest BCUT2D eigenvalue weighted by atomic mass is 10.0. The van der Waals surface area contributed by atoms with Gasteiger partial charge in [0.2, 0.25) is 0 Å². The fourth-order valence-corrected chi connectivity index (χ4v) is 4.35. The van der Waals surface area contributed by atoms with Crippen molar-refractivity contribution in [2.24, 2.45) is 24.8 Å². The molecule has 1 saturated carbocycles. The fourth-order valence-electron chi connectivity index (χ4n) is 4.35. The van der Waals surface area contributed by atoms with E-state index in [0.717, 1.165) is 50.5 Å². The van der Waals surface area contributed by atoms with Gasteiger partial charge in [0.25, 0.3) is 0 Å². The highest BCUT2D eigenvalue weighted by atomic mass is 16.5. The molecule has 5 heteroatoms. The number of rotatable bonds is 10. The van der Waals surface area contributed by atoms with E-state index in [2.05, 4.69) is 22.6 Å². The molecule has 0 saturated heterocycles. The van der Waals surface area contributed by atoms with E-state index in [4.69, 9.17) is 4.74 Å². The Morgan fingerprint density at radius 2 is 1.92 bits per heavy atom. The highest BCUT2D eigenvalue weighted by Crippen LogP contribution is 2.52. The van der Waals surface area contributed by atoms with Gasteiger partial charge in [-0.3, -0.25) is 10.00 Å². The average molecular weight is 335 g/mol. The predicted molar refractivity (Wildman–Crippen MR) is 95.7 cm³/mol. The molecule has 0 amide bonds. The molecular formula is C19H34N4O. The van der Waals surface area contributed by atoms with Gasteiger partial charge in [-0.2, -0.15) is 0 Å². The quantitative estimate of drug-likeness (QED) is 0.528. The zero-order chi connectivity index (χ0) is 16.8. The Morgan fingerprint density at radius 3 is 2.75 bits per heavy atom. The van der Waals surface area contributed by atoms with E-state index in [1.165, 1.54) is 56.3 Å². The lowest BCUT2D eigenvalue weighted by molar-refractivity contribution is 0.101. The number of aryl methyl sites for hydroxylation is 2. The summed E-state index contributed by atoms with van der Waals surface area (Å²) < 4.78 is 7.86. The van der Waals surface area contributed by atoms with Gasteiger partial charge >= 0.3 is 0 Å². The van der Waals surface area contributed by atoms with Gasteiger partial charge in [0.15, 0.2) is 0 Å². The molecule has 1 aromatic heterocycles. The van der Waals surface area contributed by atoms with Gasteiger partial charge in [-0.05, 0) is 56.4 Å². The first-order chi connectivity index (χ1) is 11.8. The molecule has 1 aromatic rings. The molecule has 3 atom stereocenters. The van der Waals surface area contributed by atoms with Crippen molar-refractivity contribution in [1.29, 1.82) is 0 Å². The zero-order valence-corrected chi connectivity index (χ0v) is 15.5. The molecule has 0 aliphatic heterocycles. The smallest absolute Gasteiger partial charge is 0.0965 e. The van der Waals surface area contributed by atoms with Crippen molar-refractivity contribution in [1.82, 2.24) is 20.3 Å². The van der Waals surface area contributed by atoms with Crippen molar-refractivity contribution < 1.29 is 4.74 Å². The van der Waals surface area contributed by atoms with Crippen molar-refractivity contribution in [3.05, 3.63) is 11.4 Å². The summed E-state index contributed by atoms with van der Waals surface area (Å²) in [6.45, 7) is 5.00. The minimum Gasteiger partial charge on any atom is -0.366 e. The van der Waals surface area contributed by atoms with Crippen LogP contribution in [0.15, 0.2) is 0 Å². The van der Waals surface area contributed by atoms with Crippen LogP contribution in [0.1, 0.15) is 63.3 Å². The number of hydrogen-bond acceptors (Lipinski definition) is 4. The number of fused-ring (bicyclic) bond motifs is 2. The molecular weight excluding hydrogens is 300 g/mol. The summed E-state index contributed by atoms with van der Waals surface area (Å²) in [7, 11) is 2.02. The number of hydrogen-bond donors (Lipinski definition) is 1. The van der Waals surface area contributed by atoms with Gasteiger partial charge < -0.3 is 4.74 Å². The van der Waals surface area contributed by atoms with Crippen LogP contribution in [0.2, 0.25) is 0 Å². The summed E-state index contributed by atoms with van der Waals surface area (Å²) >= 11 is 0. The van der Waals surface area contributed by atoms with Crippen molar-refractivity contribution >= 4 is 0 Å². The Balaban J connectivity index is 1.27. The highest BCUT2D eigenvalue weighted by Gasteiger charge is 2.49. The van der Waals surface area contributed by atoms with Gasteiger partial charge in [0, 0.05) is 7.05 Å². The molecule has 2 aliphatic carbocycles. The van der Waals surface area contributed by atoms with E-state index in [1.807, 2.05) is 11.7 Å². The van der Waals surface area contributed by atoms with Gasteiger partial charge in [-0.1, -0.05) is 37.8 Å². The first-order valence-corrected chi connectivity index (χ1v) is 9.97. The Labute approximate surface area is 146 Å². The third-order valence-electron chi connectivity index (χ3n) is 5.93. The summed E-state index contributed by atoms with van der Waals surface area (Å²) in [6, 6.07) is 0. The highest BCUT2D eigenvalue weighted by molar-refractivity contribution is 5.14. The maximum Gasteiger partial charge on any atom is 0.0965 e. The number of nitrogens with one attached hydrogen (secondary N) is 1. The number of unbranched alkanes of at least 4 members (excludes halogenated alkanes) is 4. The van der Waals surface area contributed by atoms with Crippen molar-refractivity contribution in [2.75, 3.05) is 19.9 Å². The van der Waals surface area contributed by atoms with Crippen molar-refractivity contribution in [3.63, 3.8) is 0 Å². The summed E-state index contributed by atoms with van der Waals surface area (Å²) in [5, 5.41) is 11.9. The monoisotopic (exact) mass is 334 g/mol. The SMILES string of the molecule is CCCCCCCNCOCC1C2CCc3nnn(C)c3CCC21. The third kappa shape index (κ3) is 4.57. The van der Waals surface area contributed by atoms with E-state index >= 15 is 0 Å². The first kappa shape index (κ1) is 17.9. The molecule has 0 aromatic carbocycles. The van der Waals surface area contributed by atoms with E-state index < -0.39 is 0 Å². The third-order valence-corrected chi connectivity index (χ3v) is 5.93. The van der Waals surface area contributed by atoms with Crippen LogP contribution >= 0.6 is 0 Å².